The molecule has 1 N–H and O–H groups in total. The number of thioether (sulfide) groups is 1. The summed E-state index contributed by atoms with van der Waals surface area (Å²) in [6.07, 6.45) is 3.04. The molecular formula is C10H10N2O3S. The fourth-order valence-corrected chi connectivity index (χ4v) is 2.65. The average molecular weight is 238 g/mol. The molecule has 1 aliphatic heterocycles. The highest BCUT2D eigenvalue weighted by molar-refractivity contribution is 7.99. The van der Waals surface area contributed by atoms with Crippen LogP contribution in [0.15, 0.2) is 24.5 Å². The Morgan fingerprint density at radius 3 is 2.75 bits per heavy atom. The molecule has 0 aliphatic carbocycles. The fourth-order valence-electron chi connectivity index (χ4n) is 1.51. The van der Waals surface area contributed by atoms with Gasteiger partial charge in [0.15, 0.2) is 0 Å². The number of carbonyl (C=O) groups is 2. The predicted molar refractivity (Wildman–Crippen MR) is 59.2 cm³/mol. The lowest BCUT2D eigenvalue weighted by molar-refractivity contribution is -0.140. The van der Waals surface area contributed by atoms with E-state index in [4.69, 9.17) is 5.11 Å². The SMILES string of the molecule is O=C(O)[C@@H]1CSCN1C(=O)c1ccncc1. The van der Waals surface area contributed by atoms with Crippen molar-refractivity contribution >= 4 is 23.6 Å². The molecule has 0 saturated carbocycles. The maximum absolute atomic E-state index is 12.0. The minimum atomic E-state index is -0.951. The molecule has 16 heavy (non-hydrogen) atoms. The summed E-state index contributed by atoms with van der Waals surface area (Å²) in [5.74, 6) is -0.322. The Kier molecular flexibility index (Phi) is 3.09. The molecule has 84 valence electrons. The van der Waals surface area contributed by atoms with Crippen LogP contribution in [0.2, 0.25) is 0 Å². The van der Waals surface area contributed by atoms with Crippen LogP contribution in [0.1, 0.15) is 10.4 Å². The van der Waals surface area contributed by atoms with Crippen molar-refractivity contribution in [2.45, 2.75) is 6.04 Å². The summed E-state index contributed by atoms with van der Waals surface area (Å²) in [6, 6.07) is 2.46. The summed E-state index contributed by atoms with van der Waals surface area (Å²) in [4.78, 5) is 28.1. The summed E-state index contributed by atoms with van der Waals surface area (Å²) >= 11 is 1.45. The van der Waals surface area contributed by atoms with E-state index in [1.807, 2.05) is 0 Å². The van der Waals surface area contributed by atoms with E-state index in [0.717, 1.165) is 0 Å². The van der Waals surface area contributed by atoms with Gasteiger partial charge in [-0.15, -0.1) is 11.8 Å². The van der Waals surface area contributed by atoms with Gasteiger partial charge in [-0.3, -0.25) is 9.78 Å². The van der Waals surface area contributed by atoms with Crippen LogP contribution in [-0.4, -0.2) is 44.5 Å². The number of aliphatic carboxylic acids is 1. The third kappa shape index (κ3) is 2.01. The average Bonchev–Trinajstić information content (AvgIpc) is 2.78. The van der Waals surface area contributed by atoms with Gasteiger partial charge in [0.2, 0.25) is 0 Å². The Bertz CT molecular complexity index is 410. The lowest BCUT2D eigenvalue weighted by Gasteiger charge is -2.20. The first-order valence-electron chi connectivity index (χ1n) is 4.71. The van der Waals surface area contributed by atoms with E-state index in [-0.39, 0.29) is 5.91 Å². The molecule has 2 rings (SSSR count). The molecule has 1 atom stereocenters. The number of hydrogen-bond acceptors (Lipinski definition) is 4. The smallest absolute Gasteiger partial charge is 0.327 e. The Balaban J connectivity index is 2.19. The number of hydrogen-bond donors (Lipinski definition) is 1. The molecule has 0 spiro atoms. The van der Waals surface area contributed by atoms with E-state index < -0.39 is 12.0 Å². The van der Waals surface area contributed by atoms with E-state index in [1.165, 1.54) is 29.1 Å². The summed E-state index contributed by atoms with van der Waals surface area (Å²) in [5.41, 5.74) is 0.476. The van der Waals surface area contributed by atoms with Gasteiger partial charge in [0.1, 0.15) is 6.04 Å². The van der Waals surface area contributed by atoms with E-state index in [2.05, 4.69) is 4.98 Å². The van der Waals surface area contributed by atoms with Crippen LogP contribution in [0.5, 0.6) is 0 Å². The van der Waals surface area contributed by atoms with Crippen molar-refractivity contribution in [3.63, 3.8) is 0 Å². The fraction of sp³-hybridized carbons (Fsp3) is 0.300. The first-order chi connectivity index (χ1) is 7.70. The molecule has 6 heteroatoms. The van der Waals surface area contributed by atoms with Crippen LogP contribution in [0.3, 0.4) is 0 Å². The van der Waals surface area contributed by atoms with Crippen molar-refractivity contribution in [3.8, 4) is 0 Å². The zero-order chi connectivity index (χ0) is 11.5. The number of carbonyl (C=O) groups excluding carboxylic acids is 1. The third-order valence-electron chi connectivity index (χ3n) is 2.36. The van der Waals surface area contributed by atoms with Crippen LogP contribution in [0.4, 0.5) is 0 Å². The van der Waals surface area contributed by atoms with Crippen molar-refractivity contribution < 1.29 is 14.7 Å². The number of nitrogens with zero attached hydrogens (tertiary/aromatic N) is 2. The standard InChI is InChI=1S/C10H10N2O3S/c13-9(7-1-3-11-4-2-7)12-6-16-5-8(12)10(14)15/h1-4,8H,5-6H2,(H,14,15)/t8-/m0/s1. The molecule has 1 saturated heterocycles. The van der Waals surface area contributed by atoms with Crippen LogP contribution in [-0.2, 0) is 4.79 Å². The number of amides is 1. The molecule has 0 aromatic carbocycles. The Morgan fingerprint density at radius 2 is 2.12 bits per heavy atom. The Hall–Kier alpha value is -1.56. The highest BCUT2D eigenvalue weighted by Crippen LogP contribution is 2.22. The molecule has 1 aromatic rings. The van der Waals surface area contributed by atoms with Gasteiger partial charge in [-0.1, -0.05) is 0 Å². The predicted octanol–water partition coefficient (Wildman–Crippen LogP) is 0.681. The highest BCUT2D eigenvalue weighted by Gasteiger charge is 2.34. The zero-order valence-electron chi connectivity index (χ0n) is 8.37. The molecule has 5 nitrogen and oxygen atoms in total. The van der Waals surface area contributed by atoms with Gasteiger partial charge in [-0.05, 0) is 12.1 Å². The largest absolute Gasteiger partial charge is 0.480 e. The van der Waals surface area contributed by atoms with Gasteiger partial charge < -0.3 is 10.0 Å². The third-order valence-corrected chi connectivity index (χ3v) is 3.37. The van der Waals surface area contributed by atoms with Crippen molar-refractivity contribution in [1.82, 2.24) is 9.88 Å². The first-order valence-corrected chi connectivity index (χ1v) is 5.87. The minimum Gasteiger partial charge on any atom is -0.480 e. The Labute approximate surface area is 96.5 Å². The van der Waals surface area contributed by atoms with Crippen LogP contribution >= 0.6 is 11.8 Å². The minimum absolute atomic E-state index is 0.250. The summed E-state index contributed by atoms with van der Waals surface area (Å²) in [7, 11) is 0. The molecule has 1 aliphatic rings. The Morgan fingerprint density at radius 1 is 1.44 bits per heavy atom. The number of rotatable bonds is 2. The second-order valence-electron chi connectivity index (χ2n) is 3.36. The van der Waals surface area contributed by atoms with Crippen molar-refractivity contribution in [1.29, 1.82) is 0 Å². The van der Waals surface area contributed by atoms with Crippen molar-refractivity contribution in [2.24, 2.45) is 0 Å². The van der Waals surface area contributed by atoms with Crippen molar-refractivity contribution in [3.05, 3.63) is 30.1 Å². The molecule has 1 fully saturated rings. The zero-order valence-corrected chi connectivity index (χ0v) is 9.18. The molecule has 1 amide bonds. The van der Waals surface area contributed by atoms with Gasteiger partial charge in [-0.2, -0.15) is 0 Å². The number of aromatic nitrogens is 1. The summed E-state index contributed by atoms with van der Waals surface area (Å²) in [6.45, 7) is 0. The van der Waals surface area contributed by atoms with Gasteiger partial charge >= 0.3 is 5.97 Å². The van der Waals surface area contributed by atoms with Crippen LogP contribution in [0.25, 0.3) is 0 Å². The molecule has 0 bridgehead atoms. The summed E-state index contributed by atoms with van der Waals surface area (Å²) in [5, 5.41) is 8.96. The molecule has 0 unspecified atom stereocenters. The number of pyridine rings is 1. The van der Waals surface area contributed by atoms with Gasteiger partial charge in [-0.25, -0.2) is 4.79 Å². The number of carboxylic acids is 1. The van der Waals surface area contributed by atoms with E-state index in [0.29, 0.717) is 17.2 Å². The van der Waals surface area contributed by atoms with Gasteiger partial charge in [0.05, 0.1) is 5.88 Å². The maximum Gasteiger partial charge on any atom is 0.327 e. The van der Waals surface area contributed by atoms with E-state index >= 15 is 0 Å². The highest BCUT2D eigenvalue weighted by atomic mass is 32.2. The van der Waals surface area contributed by atoms with Gasteiger partial charge in [0.25, 0.3) is 5.91 Å². The summed E-state index contributed by atoms with van der Waals surface area (Å²) < 4.78 is 0. The molecule has 1 aromatic heterocycles. The van der Waals surface area contributed by atoms with Crippen LogP contribution < -0.4 is 0 Å². The monoisotopic (exact) mass is 238 g/mol. The second-order valence-corrected chi connectivity index (χ2v) is 4.36. The maximum atomic E-state index is 12.0. The topological polar surface area (TPSA) is 70.5 Å². The lowest BCUT2D eigenvalue weighted by Crippen LogP contribution is -2.41. The van der Waals surface area contributed by atoms with E-state index in [9.17, 15) is 9.59 Å². The normalized spacial score (nSPS) is 19.8. The quantitative estimate of drug-likeness (QED) is 0.820. The van der Waals surface area contributed by atoms with Gasteiger partial charge in [0, 0.05) is 23.7 Å². The van der Waals surface area contributed by atoms with E-state index in [1.54, 1.807) is 12.1 Å². The molecular weight excluding hydrogens is 228 g/mol. The lowest BCUT2D eigenvalue weighted by atomic mass is 10.2. The second kappa shape index (κ2) is 4.52. The van der Waals surface area contributed by atoms with Crippen LogP contribution in [0, 0.1) is 0 Å². The molecule has 0 radical (unpaired) electrons. The molecule has 2 heterocycles. The first kappa shape index (κ1) is 10.9. The number of carboxylic acid groups (broad SMARTS) is 1. The van der Waals surface area contributed by atoms with Crippen molar-refractivity contribution in [2.75, 3.05) is 11.6 Å².